The number of rotatable bonds is 7. The van der Waals surface area contributed by atoms with Crippen LogP contribution in [0, 0.1) is 17.8 Å². The molecule has 5 heteroatoms. The number of esters is 1. The van der Waals surface area contributed by atoms with Gasteiger partial charge in [-0.15, -0.1) is 0 Å². The average molecular weight is 446 g/mol. The molecular formula is C21H37BrO3Si. The van der Waals surface area contributed by atoms with Gasteiger partial charge in [0.05, 0.1) is 18.6 Å². The summed E-state index contributed by atoms with van der Waals surface area (Å²) in [6, 6.07) is 0. The number of hydrogen-bond donors (Lipinski definition) is 0. The van der Waals surface area contributed by atoms with Crippen LogP contribution in [0.4, 0.5) is 0 Å². The van der Waals surface area contributed by atoms with Crippen molar-refractivity contribution < 1.29 is 14.0 Å². The minimum absolute atomic E-state index is 0.109. The predicted octanol–water partition coefficient (Wildman–Crippen LogP) is 6.09. The molecule has 0 unspecified atom stereocenters. The smallest absolute Gasteiger partial charge is 0.312 e. The van der Waals surface area contributed by atoms with Crippen LogP contribution in [-0.4, -0.2) is 32.3 Å². The lowest BCUT2D eigenvalue weighted by atomic mass is 9.58. The number of allylic oxidation sites excluding steroid dienone is 1. The van der Waals surface area contributed by atoms with E-state index in [1.807, 2.05) is 0 Å². The molecule has 0 aromatic rings. The molecule has 1 fully saturated rings. The summed E-state index contributed by atoms with van der Waals surface area (Å²) in [5, 5.41) is 0.813. The molecule has 4 atom stereocenters. The van der Waals surface area contributed by atoms with Gasteiger partial charge in [-0.05, 0) is 48.2 Å². The first-order chi connectivity index (χ1) is 12.1. The fourth-order valence-corrected chi connectivity index (χ4v) is 12.6. The maximum absolute atomic E-state index is 12.9. The Morgan fingerprint density at radius 2 is 1.77 bits per heavy atom. The maximum atomic E-state index is 12.9. The summed E-state index contributed by atoms with van der Waals surface area (Å²) in [5.41, 5.74) is 2.36. The summed E-state index contributed by atoms with van der Waals surface area (Å²) in [6.45, 7) is 16.1. The van der Waals surface area contributed by atoms with Crippen LogP contribution >= 0.6 is 15.9 Å². The molecule has 0 aromatic heterocycles. The molecule has 3 nitrogen and oxygen atoms in total. The van der Waals surface area contributed by atoms with Crippen LogP contribution in [0.5, 0.6) is 0 Å². The van der Waals surface area contributed by atoms with Gasteiger partial charge in [-0.1, -0.05) is 69.1 Å². The van der Waals surface area contributed by atoms with E-state index in [-0.39, 0.29) is 17.8 Å². The largest absolute Gasteiger partial charge is 0.469 e. The van der Waals surface area contributed by atoms with E-state index >= 15 is 0 Å². The van der Waals surface area contributed by atoms with Crippen LogP contribution in [-0.2, 0) is 14.0 Å². The molecule has 26 heavy (non-hydrogen) atoms. The van der Waals surface area contributed by atoms with E-state index < -0.39 is 13.9 Å². The van der Waals surface area contributed by atoms with Gasteiger partial charge >= 0.3 is 5.97 Å². The van der Waals surface area contributed by atoms with Gasteiger partial charge in [0.15, 0.2) is 0 Å². The minimum Gasteiger partial charge on any atom is -0.469 e. The molecule has 0 aliphatic heterocycles. The first kappa shape index (κ1) is 22.2. The van der Waals surface area contributed by atoms with E-state index in [4.69, 9.17) is 9.16 Å². The van der Waals surface area contributed by atoms with E-state index in [1.165, 1.54) is 12.7 Å². The Bertz CT molecular complexity index is 536. The number of methoxy groups -OCH3 is 1. The SMILES string of the molecule is COC(=O)[C@@H]1[C@@H](CBr)[C@H]2CC[C@]1(O[Si](C(C)C)(C(C)C)C(C)C)C=C2C. The third kappa shape index (κ3) is 3.37. The molecule has 0 radical (unpaired) electrons. The highest BCUT2D eigenvalue weighted by atomic mass is 79.9. The molecule has 3 rings (SSSR count). The van der Waals surface area contributed by atoms with Crippen LogP contribution in [0.15, 0.2) is 11.6 Å². The molecule has 0 amide bonds. The van der Waals surface area contributed by atoms with Gasteiger partial charge in [0.25, 0.3) is 0 Å². The molecule has 3 aliphatic rings. The van der Waals surface area contributed by atoms with Gasteiger partial charge < -0.3 is 9.16 Å². The highest BCUT2D eigenvalue weighted by molar-refractivity contribution is 9.09. The topological polar surface area (TPSA) is 35.5 Å². The standard InChI is InChI=1S/C21H37BrO3Si/c1-13(2)26(14(3)4,15(5)6)25-21-10-9-17(16(7)11-21)18(12-22)19(21)20(23)24-8/h11,13-15,17-19H,9-10,12H2,1-8H3/t17-,18-,19-,21-/m0/s1. The van der Waals surface area contributed by atoms with E-state index in [0.29, 0.717) is 22.5 Å². The van der Waals surface area contributed by atoms with Gasteiger partial charge in [0.2, 0.25) is 8.32 Å². The summed E-state index contributed by atoms with van der Waals surface area (Å²) in [7, 11) is -0.612. The zero-order valence-electron chi connectivity index (χ0n) is 17.8. The van der Waals surface area contributed by atoms with Gasteiger partial charge in [-0.3, -0.25) is 4.79 Å². The first-order valence-electron chi connectivity index (χ1n) is 10.1. The normalized spacial score (nSPS) is 31.7. The number of carbonyl (C=O) groups is 1. The van der Waals surface area contributed by atoms with Crippen molar-refractivity contribution in [2.75, 3.05) is 12.4 Å². The van der Waals surface area contributed by atoms with Crippen LogP contribution < -0.4 is 0 Å². The van der Waals surface area contributed by atoms with Gasteiger partial charge in [0, 0.05) is 5.33 Å². The van der Waals surface area contributed by atoms with Crippen LogP contribution in [0.3, 0.4) is 0 Å². The summed E-state index contributed by atoms with van der Waals surface area (Å²) in [6.07, 6.45) is 4.33. The van der Waals surface area contributed by atoms with Crippen LogP contribution in [0.2, 0.25) is 16.6 Å². The summed E-state index contributed by atoms with van der Waals surface area (Å²) < 4.78 is 12.6. The minimum atomic E-state index is -2.12. The number of alkyl halides is 1. The molecule has 150 valence electrons. The zero-order chi connectivity index (χ0) is 19.9. The van der Waals surface area contributed by atoms with Crippen molar-refractivity contribution in [3.8, 4) is 0 Å². The van der Waals surface area contributed by atoms with Gasteiger partial charge in [-0.2, -0.15) is 0 Å². The molecule has 2 bridgehead atoms. The third-order valence-electron chi connectivity index (χ3n) is 7.08. The van der Waals surface area contributed by atoms with Crippen molar-refractivity contribution in [2.24, 2.45) is 17.8 Å². The summed E-state index contributed by atoms with van der Waals surface area (Å²) in [4.78, 5) is 12.9. The highest BCUT2D eigenvalue weighted by Crippen LogP contribution is 2.57. The van der Waals surface area contributed by atoms with E-state index in [2.05, 4.69) is 70.5 Å². The molecule has 3 aliphatic carbocycles. The number of fused-ring (bicyclic) bond motifs is 2. The molecule has 0 aromatic carbocycles. The lowest BCUT2D eigenvalue weighted by molar-refractivity contribution is -0.161. The fraction of sp³-hybridized carbons (Fsp3) is 0.857. The van der Waals surface area contributed by atoms with E-state index in [9.17, 15) is 4.79 Å². The van der Waals surface area contributed by atoms with Crippen molar-refractivity contribution in [2.45, 2.75) is 83.5 Å². The second-order valence-electron chi connectivity index (χ2n) is 9.23. The number of hydrogen-bond acceptors (Lipinski definition) is 3. The van der Waals surface area contributed by atoms with Crippen molar-refractivity contribution in [3.05, 3.63) is 11.6 Å². The molecular weight excluding hydrogens is 408 g/mol. The third-order valence-corrected chi connectivity index (χ3v) is 14.0. The Morgan fingerprint density at radius 3 is 2.15 bits per heavy atom. The van der Waals surface area contributed by atoms with Crippen LogP contribution in [0.1, 0.15) is 61.3 Å². The Morgan fingerprint density at radius 1 is 1.23 bits per heavy atom. The number of ether oxygens (including phenoxy) is 1. The summed E-state index contributed by atoms with van der Waals surface area (Å²) in [5.74, 6) is 0.385. The Kier molecular flexibility index (Phi) is 6.89. The van der Waals surface area contributed by atoms with Gasteiger partial charge in [-0.25, -0.2) is 0 Å². The number of carbonyl (C=O) groups excluding carboxylic acids is 1. The van der Waals surface area contributed by atoms with E-state index in [0.717, 1.165) is 18.2 Å². The Labute approximate surface area is 169 Å². The lowest BCUT2D eigenvalue weighted by Crippen LogP contribution is -2.63. The Balaban J connectivity index is 2.61. The molecule has 0 spiro atoms. The van der Waals surface area contributed by atoms with E-state index in [1.54, 1.807) is 0 Å². The monoisotopic (exact) mass is 444 g/mol. The quantitative estimate of drug-likeness (QED) is 0.206. The first-order valence-corrected chi connectivity index (χ1v) is 13.4. The molecule has 0 saturated heterocycles. The lowest BCUT2D eigenvalue weighted by Gasteiger charge is -2.58. The highest BCUT2D eigenvalue weighted by Gasteiger charge is 2.60. The molecule has 0 N–H and O–H groups in total. The van der Waals surface area contributed by atoms with Crippen molar-refractivity contribution in [3.63, 3.8) is 0 Å². The second kappa shape index (κ2) is 8.08. The van der Waals surface area contributed by atoms with Crippen molar-refractivity contribution in [1.82, 2.24) is 0 Å². The summed E-state index contributed by atoms with van der Waals surface area (Å²) >= 11 is 3.69. The van der Waals surface area contributed by atoms with Crippen molar-refractivity contribution in [1.29, 1.82) is 0 Å². The predicted molar refractivity (Wildman–Crippen MR) is 114 cm³/mol. The maximum Gasteiger partial charge on any atom is 0.312 e. The van der Waals surface area contributed by atoms with Crippen molar-refractivity contribution >= 4 is 30.2 Å². The second-order valence-corrected chi connectivity index (χ2v) is 15.2. The molecule has 1 saturated carbocycles. The number of halogens is 1. The van der Waals surface area contributed by atoms with Crippen LogP contribution in [0.25, 0.3) is 0 Å². The Hall–Kier alpha value is -0.133. The molecule has 0 heterocycles. The zero-order valence-corrected chi connectivity index (χ0v) is 20.4. The van der Waals surface area contributed by atoms with Gasteiger partial charge in [0.1, 0.15) is 0 Å². The average Bonchev–Trinajstić information content (AvgIpc) is 2.57. The fourth-order valence-electron chi connectivity index (χ4n) is 6.09.